The van der Waals surface area contributed by atoms with Gasteiger partial charge in [0.05, 0.1) is 29.8 Å². The van der Waals surface area contributed by atoms with Gasteiger partial charge in [-0.05, 0) is 31.5 Å². The molecule has 0 spiro atoms. The molecule has 1 aliphatic rings. The summed E-state index contributed by atoms with van der Waals surface area (Å²) >= 11 is 0. The van der Waals surface area contributed by atoms with Crippen molar-refractivity contribution in [3.63, 3.8) is 0 Å². The SMILES string of the molecule is CC(C)c1nccn1-c1cncc([C@H]2CCCN2Cc2ccccn2)n1. The zero-order chi connectivity index (χ0) is 17.9. The fraction of sp³-hybridized carbons (Fsp3) is 0.400. The van der Waals surface area contributed by atoms with E-state index in [0.717, 1.165) is 42.5 Å². The minimum Gasteiger partial charge on any atom is -0.289 e. The number of pyridine rings is 1. The van der Waals surface area contributed by atoms with Crippen LogP contribution in [0.5, 0.6) is 0 Å². The third kappa shape index (κ3) is 3.37. The third-order valence-corrected chi connectivity index (χ3v) is 4.87. The average Bonchev–Trinajstić information content (AvgIpc) is 3.32. The maximum atomic E-state index is 4.93. The van der Waals surface area contributed by atoms with Crippen molar-refractivity contribution in [1.29, 1.82) is 0 Å². The van der Waals surface area contributed by atoms with Crippen LogP contribution in [0.25, 0.3) is 5.82 Å². The highest BCUT2D eigenvalue weighted by Crippen LogP contribution is 2.32. The van der Waals surface area contributed by atoms with Crippen molar-refractivity contribution in [2.24, 2.45) is 0 Å². The van der Waals surface area contributed by atoms with E-state index in [2.05, 4.69) is 39.8 Å². The van der Waals surface area contributed by atoms with Crippen molar-refractivity contribution in [1.82, 2.24) is 29.4 Å². The number of hydrogen-bond acceptors (Lipinski definition) is 5. The molecule has 134 valence electrons. The number of hydrogen-bond donors (Lipinski definition) is 0. The minimum atomic E-state index is 0.287. The first-order chi connectivity index (χ1) is 12.7. The summed E-state index contributed by atoms with van der Waals surface area (Å²) < 4.78 is 2.04. The average molecular weight is 348 g/mol. The molecule has 0 bridgehead atoms. The van der Waals surface area contributed by atoms with Gasteiger partial charge in [-0.25, -0.2) is 9.97 Å². The quantitative estimate of drug-likeness (QED) is 0.706. The van der Waals surface area contributed by atoms with Crippen LogP contribution >= 0.6 is 0 Å². The topological polar surface area (TPSA) is 59.7 Å². The first-order valence-corrected chi connectivity index (χ1v) is 9.22. The molecule has 0 N–H and O–H groups in total. The van der Waals surface area contributed by atoms with Gasteiger partial charge in [0.2, 0.25) is 0 Å². The lowest BCUT2D eigenvalue weighted by atomic mass is 10.1. The maximum absolute atomic E-state index is 4.93. The Balaban J connectivity index is 1.60. The Morgan fingerprint density at radius 2 is 2.08 bits per heavy atom. The summed E-state index contributed by atoms with van der Waals surface area (Å²) in [6, 6.07) is 6.37. The van der Waals surface area contributed by atoms with Gasteiger partial charge in [0.1, 0.15) is 5.82 Å². The van der Waals surface area contributed by atoms with Gasteiger partial charge in [0.25, 0.3) is 0 Å². The smallest absolute Gasteiger partial charge is 0.156 e. The highest BCUT2D eigenvalue weighted by atomic mass is 15.2. The summed E-state index contributed by atoms with van der Waals surface area (Å²) in [6.07, 6.45) is 11.6. The monoisotopic (exact) mass is 348 g/mol. The first-order valence-electron chi connectivity index (χ1n) is 9.22. The van der Waals surface area contributed by atoms with Crippen LogP contribution < -0.4 is 0 Å². The number of imidazole rings is 1. The molecule has 4 rings (SSSR count). The molecule has 1 fully saturated rings. The van der Waals surface area contributed by atoms with Crippen LogP contribution in [0.2, 0.25) is 0 Å². The molecule has 0 aromatic carbocycles. The van der Waals surface area contributed by atoms with Gasteiger partial charge in [0, 0.05) is 31.1 Å². The van der Waals surface area contributed by atoms with E-state index in [1.54, 1.807) is 0 Å². The fourth-order valence-electron chi connectivity index (χ4n) is 3.63. The van der Waals surface area contributed by atoms with Crippen molar-refractivity contribution in [3.8, 4) is 5.82 Å². The third-order valence-electron chi connectivity index (χ3n) is 4.87. The Morgan fingerprint density at radius 1 is 1.15 bits per heavy atom. The first kappa shape index (κ1) is 16.8. The molecule has 0 aliphatic carbocycles. The normalized spacial score (nSPS) is 17.9. The van der Waals surface area contributed by atoms with Gasteiger partial charge in [-0.2, -0.15) is 0 Å². The van der Waals surface area contributed by atoms with Crippen LogP contribution in [0.4, 0.5) is 0 Å². The number of rotatable bonds is 5. The van der Waals surface area contributed by atoms with Crippen LogP contribution in [-0.4, -0.2) is 35.9 Å². The standard InChI is InChI=1S/C20H24N6/c1-15(2)20-23-9-11-26(20)19-13-21-12-17(24-19)18-7-5-10-25(18)14-16-6-3-4-8-22-16/h3-4,6,8-9,11-13,15,18H,5,7,10,14H2,1-2H3/t18-/m1/s1. The molecule has 26 heavy (non-hydrogen) atoms. The lowest BCUT2D eigenvalue weighted by Gasteiger charge is -2.23. The van der Waals surface area contributed by atoms with E-state index < -0.39 is 0 Å². The Labute approximate surface area is 154 Å². The summed E-state index contributed by atoms with van der Waals surface area (Å²) in [5.74, 6) is 2.18. The summed E-state index contributed by atoms with van der Waals surface area (Å²) in [4.78, 5) is 20.8. The number of likely N-dealkylation sites (tertiary alicyclic amines) is 1. The lowest BCUT2D eigenvalue weighted by Crippen LogP contribution is -2.24. The Morgan fingerprint density at radius 3 is 2.88 bits per heavy atom. The molecule has 0 radical (unpaired) electrons. The van der Waals surface area contributed by atoms with Crippen LogP contribution in [-0.2, 0) is 6.54 Å². The van der Waals surface area contributed by atoms with Crippen LogP contribution in [0.15, 0.2) is 49.2 Å². The molecule has 3 aromatic heterocycles. The Bertz CT molecular complexity index is 858. The Hall–Kier alpha value is -2.60. The zero-order valence-electron chi connectivity index (χ0n) is 15.3. The van der Waals surface area contributed by atoms with Crippen molar-refractivity contribution in [3.05, 3.63) is 66.4 Å². The van der Waals surface area contributed by atoms with Gasteiger partial charge >= 0.3 is 0 Å². The molecule has 0 amide bonds. The number of nitrogens with zero attached hydrogens (tertiary/aromatic N) is 6. The molecule has 3 aromatic rings. The van der Waals surface area contributed by atoms with Crippen molar-refractivity contribution >= 4 is 0 Å². The van der Waals surface area contributed by atoms with E-state index in [1.165, 1.54) is 6.42 Å². The van der Waals surface area contributed by atoms with E-state index in [9.17, 15) is 0 Å². The minimum absolute atomic E-state index is 0.287. The van der Waals surface area contributed by atoms with E-state index in [-0.39, 0.29) is 6.04 Å². The molecule has 1 aliphatic heterocycles. The van der Waals surface area contributed by atoms with Crippen molar-refractivity contribution in [2.45, 2.75) is 45.2 Å². The highest BCUT2D eigenvalue weighted by Gasteiger charge is 2.28. The van der Waals surface area contributed by atoms with Crippen LogP contribution in [0, 0.1) is 0 Å². The second-order valence-corrected chi connectivity index (χ2v) is 7.06. The van der Waals surface area contributed by atoms with Crippen LogP contribution in [0.3, 0.4) is 0 Å². The number of aromatic nitrogens is 5. The summed E-state index contributed by atoms with van der Waals surface area (Å²) in [6.45, 7) is 6.19. The molecule has 0 unspecified atom stereocenters. The predicted octanol–water partition coefficient (Wildman–Crippen LogP) is 3.52. The molecule has 4 heterocycles. The summed E-state index contributed by atoms with van der Waals surface area (Å²) in [7, 11) is 0. The van der Waals surface area contributed by atoms with Gasteiger partial charge in [-0.15, -0.1) is 0 Å². The molecule has 6 nitrogen and oxygen atoms in total. The fourth-order valence-corrected chi connectivity index (χ4v) is 3.63. The Kier molecular flexibility index (Phi) is 4.75. The van der Waals surface area contributed by atoms with Crippen molar-refractivity contribution in [2.75, 3.05) is 6.54 Å². The highest BCUT2D eigenvalue weighted by molar-refractivity contribution is 5.25. The van der Waals surface area contributed by atoms with Gasteiger partial charge < -0.3 is 0 Å². The summed E-state index contributed by atoms with van der Waals surface area (Å²) in [5.41, 5.74) is 2.12. The molecular weight excluding hydrogens is 324 g/mol. The van der Waals surface area contributed by atoms with Crippen molar-refractivity contribution < 1.29 is 0 Å². The van der Waals surface area contributed by atoms with Crippen LogP contribution in [0.1, 0.15) is 55.9 Å². The zero-order valence-corrected chi connectivity index (χ0v) is 15.3. The van der Waals surface area contributed by atoms with E-state index in [0.29, 0.717) is 5.92 Å². The van der Waals surface area contributed by atoms with E-state index in [4.69, 9.17) is 4.98 Å². The second-order valence-electron chi connectivity index (χ2n) is 7.06. The van der Waals surface area contributed by atoms with E-state index in [1.807, 2.05) is 47.7 Å². The van der Waals surface area contributed by atoms with E-state index >= 15 is 0 Å². The second kappa shape index (κ2) is 7.33. The van der Waals surface area contributed by atoms with Gasteiger partial charge in [0.15, 0.2) is 5.82 Å². The maximum Gasteiger partial charge on any atom is 0.156 e. The molecule has 1 saturated heterocycles. The molecule has 1 atom stereocenters. The predicted molar refractivity (Wildman–Crippen MR) is 99.9 cm³/mol. The lowest BCUT2D eigenvalue weighted by molar-refractivity contribution is 0.241. The largest absolute Gasteiger partial charge is 0.289 e. The molecule has 0 saturated carbocycles. The van der Waals surface area contributed by atoms with Gasteiger partial charge in [-0.3, -0.25) is 19.4 Å². The van der Waals surface area contributed by atoms with Gasteiger partial charge in [-0.1, -0.05) is 19.9 Å². The molecule has 6 heteroatoms. The summed E-state index contributed by atoms with van der Waals surface area (Å²) in [5, 5.41) is 0. The molecular formula is C20H24N6.